The van der Waals surface area contributed by atoms with Crippen molar-refractivity contribution in [3.05, 3.63) is 53.6 Å². The van der Waals surface area contributed by atoms with Crippen molar-refractivity contribution >= 4 is 11.4 Å². The topological polar surface area (TPSA) is 38.1 Å². The molecule has 0 atom stereocenters. The van der Waals surface area contributed by atoms with Gasteiger partial charge in [-0.2, -0.15) is 13.2 Å². The molecule has 0 unspecified atom stereocenters. The lowest BCUT2D eigenvalue weighted by atomic mass is 10.2. The molecule has 0 aliphatic heterocycles. The third-order valence-corrected chi connectivity index (χ3v) is 2.73. The fourth-order valence-electron chi connectivity index (χ4n) is 1.67. The first-order valence-corrected chi connectivity index (χ1v) is 5.88. The second-order valence-corrected chi connectivity index (χ2v) is 4.23. The molecule has 2 rings (SSSR count). The van der Waals surface area contributed by atoms with E-state index >= 15 is 0 Å². The summed E-state index contributed by atoms with van der Waals surface area (Å²) >= 11 is 0. The Kier molecular flexibility index (Phi) is 3.83. The van der Waals surface area contributed by atoms with Crippen molar-refractivity contribution < 1.29 is 13.2 Å². The summed E-state index contributed by atoms with van der Waals surface area (Å²) in [5.41, 5.74) is 1.31. The highest BCUT2D eigenvalue weighted by molar-refractivity contribution is 6.00. The zero-order valence-electron chi connectivity index (χ0n) is 10.9. The van der Waals surface area contributed by atoms with Gasteiger partial charge in [-0.25, -0.2) is 4.98 Å². The lowest BCUT2D eigenvalue weighted by Crippen LogP contribution is -2.08. The minimum atomic E-state index is -4.44. The highest BCUT2D eigenvalue weighted by atomic mass is 19.4. The Balaban J connectivity index is 2.35. The van der Waals surface area contributed by atoms with E-state index in [0.29, 0.717) is 11.4 Å². The van der Waals surface area contributed by atoms with Crippen LogP contribution in [-0.2, 0) is 6.18 Å². The maximum absolute atomic E-state index is 12.5. The van der Waals surface area contributed by atoms with Crippen LogP contribution in [0.25, 0.3) is 0 Å². The van der Waals surface area contributed by atoms with Gasteiger partial charge in [-0.15, -0.1) is 0 Å². The van der Waals surface area contributed by atoms with Gasteiger partial charge in [0.25, 0.3) is 0 Å². The van der Waals surface area contributed by atoms with Crippen LogP contribution in [0.1, 0.15) is 23.9 Å². The molecule has 0 bridgehead atoms. The molecule has 20 heavy (non-hydrogen) atoms. The Bertz CT molecular complexity index is 634. The van der Waals surface area contributed by atoms with Gasteiger partial charge in [-0.1, -0.05) is 0 Å². The maximum Gasteiger partial charge on any atom is 0.433 e. The number of aromatic nitrogens is 2. The number of alkyl halides is 3. The minimum Gasteiger partial charge on any atom is -0.265 e. The Morgan fingerprint density at radius 2 is 1.75 bits per heavy atom. The first kappa shape index (κ1) is 14.2. The quantitative estimate of drug-likeness (QED) is 0.781. The molecule has 0 aliphatic rings. The average molecular weight is 279 g/mol. The molecule has 104 valence electrons. The predicted octanol–water partition coefficient (Wildman–Crippen LogP) is 3.94. The van der Waals surface area contributed by atoms with Crippen molar-refractivity contribution in [3.63, 3.8) is 0 Å². The van der Waals surface area contributed by atoms with E-state index in [1.54, 1.807) is 31.5 Å². The third-order valence-electron chi connectivity index (χ3n) is 2.73. The molecule has 6 heteroatoms. The molecule has 2 heterocycles. The maximum atomic E-state index is 12.5. The van der Waals surface area contributed by atoms with E-state index in [1.807, 2.05) is 0 Å². The van der Waals surface area contributed by atoms with Crippen LogP contribution in [0.3, 0.4) is 0 Å². The van der Waals surface area contributed by atoms with Crippen molar-refractivity contribution in [2.75, 3.05) is 0 Å². The van der Waals surface area contributed by atoms with Gasteiger partial charge < -0.3 is 0 Å². The molecule has 0 spiro atoms. The van der Waals surface area contributed by atoms with Crippen molar-refractivity contribution in [2.45, 2.75) is 20.0 Å². The van der Waals surface area contributed by atoms with Gasteiger partial charge in [0.1, 0.15) is 5.69 Å². The summed E-state index contributed by atoms with van der Waals surface area (Å²) in [6.07, 6.45) is -1.18. The molecule has 2 aromatic rings. The van der Waals surface area contributed by atoms with Gasteiger partial charge >= 0.3 is 6.18 Å². The zero-order valence-corrected chi connectivity index (χ0v) is 10.9. The first-order chi connectivity index (χ1) is 9.38. The summed E-state index contributed by atoms with van der Waals surface area (Å²) in [7, 11) is 0. The number of aryl methyl sites for hydroxylation is 1. The molecule has 0 aliphatic carbocycles. The fraction of sp³-hybridized carbons (Fsp3) is 0.214. The third kappa shape index (κ3) is 3.20. The van der Waals surface area contributed by atoms with Crippen LogP contribution in [0.15, 0.2) is 41.7 Å². The Hall–Kier alpha value is -2.24. The lowest BCUT2D eigenvalue weighted by Gasteiger charge is -2.08. The van der Waals surface area contributed by atoms with E-state index in [9.17, 15) is 13.2 Å². The molecule has 3 nitrogen and oxygen atoms in total. The van der Waals surface area contributed by atoms with Crippen molar-refractivity contribution in [3.8, 4) is 0 Å². The number of hydrogen-bond acceptors (Lipinski definition) is 3. The second-order valence-electron chi connectivity index (χ2n) is 4.23. The van der Waals surface area contributed by atoms with Crippen LogP contribution in [0, 0.1) is 6.92 Å². The number of nitrogens with zero attached hydrogens (tertiary/aromatic N) is 3. The van der Waals surface area contributed by atoms with Gasteiger partial charge in [-0.3, -0.25) is 9.98 Å². The fourth-order valence-corrected chi connectivity index (χ4v) is 1.67. The highest BCUT2D eigenvalue weighted by Gasteiger charge is 2.32. The standard InChI is InChI=1S/C14H12F3N3/c1-9(11-5-7-18-8-6-11)19-12-3-4-13(14(15,16)17)20-10(12)2/h3-8H,1-2H3. The molecular weight excluding hydrogens is 267 g/mol. The summed E-state index contributed by atoms with van der Waals surface area (Å²) < 4.78 is 37.6. The van der Waals surface area contributed by atoms with E-state index in [-0.39, 0.29) is 5.69 Å². The van der Waals surface area contributed by atoms with E-state index in [2.05, 4.69) is 15.0 Å². The van der Waals surface area contributed by atoms with E-state index in [1.165, 1.54) is 13.0 Å². The molecular formula is C14H12F3N3. The van der Waals surface area contributed by atoms with Gasteiger partial charge in [-0.05, 0) is 43.7 Å². The van der Waals surface area contributed by atoms with Crippen LogP contribution in [0.2, 0.25) is 0 Å². The van der Waals surface area contributed by atoms with Gasteiger partial charge in [0.05, 0.1) is 11.4 Å². The van der Waals surface area contributed by atoms with Gasteiger partial charge in [0.2, 0.25) is 0 Å². The molecule has 0 saturated heterocycles. The summed E-state index contributed by atoms with van der Waals surface area (Å²) in [6, 6.07) is 5.83. The molecule has 0 saturated carbocycles. The van der Waals surface area contributed by atoms with Crippen molar-refractivity contribution in [1.29, 1.82) is 0 Å². The zero-order chi connectivity index (χ0) is 14.8. The van der Waals surface area contributed by atoms with Crippen LogP contribution in [0.4, 0.5) is 18.9 Å². The number of pyridine rings is 2. The normalized spacial score (nSPS) is 12.6. The molecule has 2 aromatic heterocycles. The van der Waals surface area contributed by atoms with Gasteiger partial charge in [0, 0.05) is 18.1 Å². The second kappa shape index (κ2) is 5.40. The Morgan fingerprint density at radius 3 is 2.30 bits per heavy atom. The first-order valence-electron chi connectivity index (χ1n) is 5.88. The highest BCUT2D eigenvalue weighted by Crippen LogP contribution is 2.30. The largest absolute Gasteiger partial charge is 0.433 e. The Morgan fingerprint density at radius 1 is 1.10 bits per heavy atom. The van der Waals surface area contributed by atoms with Crippen LogP contribution >= 0.6 is 0 Å². The van der Waals surface area contributed by atoms with E-state index in [4.69, 9.17) is 0 Å². The average Bonchev–Trinajstić information content (AvgIpc) is 2.41. The summed E-state index contributed by atoms with van der Waals surface area (Å²) in [5, 5.41) is 0. The molecule has 0 amide bonds. The monoisotopic (exact) mass is 279 g/mol. The number of hydrogen-bond donors (Lipinski definition) is 0. The molecule has 0 N–H and O–H groups in total. The van der Waals surface area contributed by atoms with E-state index in [0.717, 1.165) is 11.6 Å². The predicted molar refractivity (Wildman–Crippen MR) is 70.1 cm³/mol. The minimum absolute atomic E-state index is 0.244. The summed E-state index contributed by atoms with van der Waals surface area (Å²) in [5.74, 6) is 0. The van der Waals surface area contributed by atoms with Crippen LogP contribution in [-0.4, -0.2) is 15.7 Å². The number of aliphatic imine (C=N–C) groups is 1. The van der Waals surface area contributed by atoms with Gasteiger partial charge in [0.15, 0.2) is 0 Å². The summed E-state index contributed by atoms with van der Waals surface area (Å²) in [4.78, 5) is 11.8. The van der Waals surface area contributed by atoms with E-state index < -0.39 is 11.9 Å². The van der Waals surface area contributed by atoms with Crippen LogP contribution < -0.4 is 0 Å². The summed E-state index contributed by atoms with van der Waals surface area (Å²) in [6.45, 7) is 3.29. The lowest BCUT2D eigenvalue weighted by molar-refractivity contribution is -0.141. The molecule has 0 radical (unpaired) electrons. The van der Waals surface area contributed by atoms with Crippen molar-refractivity contribution in [1.82, 2.24) is 9.97 Å². The number of halogens is 3. The smallest absolute Gasteiger partial charge is 0.265 e. The number of rotatable bonds is 2. The van der Waals surface area contributed by atoms with Crippen LogP contribution in [0.5, 0.6) is 0 Å². The SMILES string of the molecule is CC(=Nc1ccc(C(F)(F)F)nc1C)c1ccncc1. The molecule has 0 fully saturated rings. The Labute approximate surface area is 114 Å². The molecule has 0 aromatic carbocycles. The van der Waals surface area contributed by atoms with Crippen molar-refractivity contribution in [2.24, 2.45) is 4.99 Å².